The summed E-state index contributed by atoms with van der Waals surface area (Å²) in [6.07, 6.45) is 2.01. The lowest BCUT2D eigenvalue weighted by molar-refractivity contribution is 0.0694. The van der Waals surface area contributed by atoms with Gasteiger partial charge in [0.05, 0.1) is 28.7 Å². The minimum atomic E-state index is -1.39. The number of pyridine rings is 1. The van der Waals surface area contributed by atoms with Crippen LogP contribution in [0.5, 0.6) is 5.75 Å². The highest BCUT2D eigenvalue weighted by atomic mass is 19.1. The van der Waals surface area contributed by atoms with Gasteiger partial charge in [0.1, 0.15) is 17.9 Å². The van der Waals surface area contributed by atoms with Gasteiger partial charge in [-0.25, -0.2) is 9.18 Å². The fourth-order valence-corrected chi connectivity index (χ4v) is 3.26. The molecule has 1 aliphatic rings. The number of carboxylic acid groups (broad SMARTS) is 1. The van der Waals surface area contributed by atoms with Gasteiger partial charge in [-0.1, -0.05) is 0 Å². The van der Waals surface area contributed by atoms with E-state index in [1.165, 1.54) is 6.20 Å². The van der Waals surface area contributed by atoms with Crippen LogP contribution in [0.25, 0.3) is 10.9 Å². The smallest absolute Gasteiger partial charge is 0.341 e. The van der Waals surface area contributed by atoms with Crippen LogP contribution >= 0.6 is 0 Å². The van der Waals surface area contributed by atoms with Crippen molar-refractivity contribution in [2.45, 2.75) is 39.3 Å². The molecule has 4 N–H and O–H groups in total. The molecule has 3 rings (SSSR count). The maximum atomic E-state index is 15.0. The maximum Gasteiger partial charge on any atom is 0.341 e. The fourth-order valence-electron chi connectivity index (χ4n) is 3.26. The number of rotatable bonds is 7. The lowest BCUT2D eigenvalue weighted by Gasteiger charge is -2.29. The first kappa shape index (κ1) is 19.9. The van der Waals surface area contributed by atoms with Gasteiger partial charge in [-0.2, -0.15) is 0 Å². The van der Waals surface area contributed by atoms with E-state index in [4.69, 9.17) is 15.2 Å². The van der Waals surface area contributed by atoms with E-state index in [9.17, 15) is 19.1 Å². The minimum Gasteiger partial charge on any atom is -0.487 e. The molecular formula is C19H24FN3O5. The number of nitrogens with two attached hydrogens (primary N) is 1. The minimum absolute atomic E-state index is 0.0673. The third-order valence-electron chi connectivity index (χ3n) is 4.65. The van der Waals surface area contributed by atoms with Gasteiger partial charge in [-0.05, 0) is 27.2 Å². The molecule has 0 aliphatic carbocycles. The standard InChI is InChI=1S/C19H24FN3O5/c1-9(2)27-6-4-5-22-15-13(20)14(21)12-16-18(15)28-8-10(3)23(16)7-11(17(12)24)19(25)26/h7,9-10,22H,4-6,8,21H2,1-3H3,(H,25,26). The average molecular weight is 393 g/mol. The number of nitrogen functional groups attached to an aromatic ring is 1. The summed E-state index contributed by atoms with van der Waals surface area (Å²) in [4.78, 5) is 24.1. The molecule has 9 heteroatoms. The molecule has 28 heavy (non-hydrogen) atoms. The predicted molar refractivity (Wildman–Crippen MR) is 104 cm³/mol. The molecule has 0 radical (unpaired) electrons. The van der Waals surface area contributed by atoms with Gasteiger partial charge in [0, 0.05) is 19.3 Å². The van der Waals surface area contributed by atoms with Crippen LogP contribution in [0.2, 0.25) is 0 Å². The summed E-state index contributed by atoms with van der Waals surface area (Å²) < 4.78 is 27.8. The lowest BCUT2D eigenvalue weighted by Crippen LogP contribution is -2.28. The van der Waals surface area contributed by atoms with E-state index in [0.717, 1.165) is 0 Å². The zero-order valence-electron chi connectivity index (χ0n) is 16.0. The number of nitrogens with one attached hydrogen (secondary N) is 1. The molecule has 2 aromatic rings. The topological polar surface area (TPSA) is 116 Å². The van der Waals surface area contributed by atoms with Gasteiger partial charge >= 0.3 is 5.97 Å². The van der Waals surface area contributed by atoms with Gasteiger partial charge in [0.25, 0.3) is 0 Å². The molecule has 0 bridgehead atoms. The number of aromatic carboxylic acids is 1. The molecular weight excluding hydrogens is 369 g/mol. The van der Waals surface area contributed by atoms with Crippen molar-refractivity contribution in [3.63, 3.8) is 0 Å². The molecule has 0 amide bonds. The van der Waals surface area contributed by atoms with Crippen LogP contribution in [-0.4, -0.2) is 41.5 Å². The number of hydrogen-bond acceptors (Lipinski definition) is 6. The normalized spacial score (nSPS) is 15.7. The molecule has 1 unspecified atom stereocenters. The highest BCUT2D eigenvalue weighted by Gasteiger charge is 2.30. The molecule has 2 heterocycles. The first-order valence-corrected chi connectivity index (χ1v) is 9.15. The van der Waals surface area contributed by atoms with Crippen LogP contribution in [0.3, 0.4) is 0 Å². The fraction of sp³-hybridized carbons (Fsp3) is 0.474. The zero-order chi connectivity index (χ0) is 20.6. The predicted octanol–water partition coefficient (Wildman–Crippen LogP) is 2.60. The van der Waals surface area contributed by atoms with E-state index in [0.29, 0.717) is 25.1 Å². The van der Waals surface area contributed by atoms with Crippen molar-refractivity contribution in [3.05, 3.63) is 27.8 Å². The Bertz CT molecular complexity index is 986. The van der Waals surface area contributed by atoms with Crippen LogP contribution in [0.1, 0.15) is 43.6 Å². The van der Waals surface area contributed by atoms with Crippen molar-refractivity contribution in [1.29, 1.82) is 0 Å². The van der Waals surface area contributed by atoms with Crippen LogP contribution < -0.4 is 21.2 Å². The number of aromatic nitrogens is 1. The van der Waals surface area contributed by atoms with Crippen LogP contribution in [-0.2, 0) is 4.74 Å². The van der Waals surface area contributed by atoms with E-state index < -0.39 is 22.8 Å². The summed E-state index contributed by atoms with van der Waals surface area (Å²) in [5, 5.41) is 12.1. The summed E-state index contributed by atoms with van der Waals surface area (Å²) in [6, 6.07) is -0.245. The first-order chi connectivity index (χ1) is 13.2. The SMILES string of the molecule is CC(C)OCCCNc1c(F)c(N)c2c(=O)c(C(=O)O)cn3c2c1OCC3C. The summed E-state index contributed by atoms with van der Waals surface area (Å²) in [5.74, 6) is -2.05. The van der Waals surface area contributed by atoms with Crippen molar-refractivity contribution in [3.8, 4) is 5.75 Å². The number of carboxylic acids is 1. The quantitative estimate of drug-likeness (QED) is 0.489. The Labute approximate surface area is 161 Å². The van der Waals surface area contributed by atoms with Gasteiger partial charge in [-0.15, -0.1) is 0 Å². The lowest BCUT2D eigenvalue weighted by atomic mass is 10.0. The van der Waals surface area contributed by atoms with E-state index in [1.54, 1.807) is 4.57 Å². The number of nitrogens with zero attached hydrogens (tertiary/aromatic N) is 1. The number of carbonyl (C=O) groups is 1. The second kappa shape index (κ2) is 7.67. The van der Waals surface area contributed by atoms with Crippen molar-refractivity contribution in [2.24, 2.45) is 0 Å². The van der Waals surface area contributed by atoms with Gasteiger partial charge in [0.2, 0.25) is 5.43 Å². The van der Waals surface area contributed by atoms with Gasteiger partial charge in [-0.3, -0.25) is 4.79 Å². The van der Waals surface area contributed by atoms with Crippen LogP contribution in [0, 0.1) is 5.82 Å². The summed E-state index contributed by atoms with van der Waals surface area (Å²) in [6.45, 7) is 6.81. The van der Waals surface area contributed by atoms with Crippen molar-refractivity contribution in [2.75, 3.05) is 30.8 Å². The summed E-state index contributed by atoms with van der Waals surface area (Å²) in [5.41, 5.74) is 4.62. The number of anilines is 2. The average Bonchev–Trinajstić information content (AvgIpc) is 2.63. The Morgan fingerprint density at radius 2 is 2.25 bits per heavy atom. The van der Waals surface area contributed by atoms with E-state index in [1.807, 2.05) is 20.8 Å². The third kappa shape index (κ3) is 3.37. The van der Waals surface area contributed by atoms with Gasteiger partial charge < -0.3 is 30.2 Å². The van der Waals surface area contributed by atoms with Crippen molar-refractivity contribution < 1.29 is 23.8 Å². The third-order valence-corrected chi connectivity index (χ3v) is 4.65. The highest BCUT2D eigenvalue weighted by molar-refractivity contribution is 6.03. The van der Waals surface area contributed by atoms with Crippen molar-refractivity contribution in [1.82, 2.24) is 4.57 Å². The summed E-state index contributed by atoms with van der Waals surface area (Å²) >= 11 is 0. The Morgan fingerprint density at radius 1 is 1.54 bits per heavy atom. The molecule has 1 aliphatic heterocycles. The Hall–Kier alpha value is -2.81. The molecule has 1 aromatic heterocycles. The van der Waals surface area contributed by atoms with E-state index in [-0.39, 0.29) is 41.3 Å². The molecule has 152 valence electrons. The van der Waals surface area contributed by atoms with Gasteiger partial charge in [0.15, 0.2) is 11.6 Å². The molecule has 1 atom stereocenters. The second-order valence-corrected chi connectivity index (χ2v) is 7.10. The van der Waals surface area contributed by atoms with Crippen LogP contribution in [0.4, 0.5) is 15.8 Å². The molecule has 0 saturated carbocycles. The molecule has 0 fully saturated rings. The highest BCUT2D eigenvalue weighted by Crippen LogP contribution is 2.43. The Morgan fingerprint density at radius 3 is 2.89 bits per heavy atom. The van der Waals surface area contributed by atoms with Crippen molar-refractivity contribution >= 4 is 28.2 Å². The molecule has 0 spiro atoms. The second-order valence-electron chi connectivity index (χ2n) is 7.10. The maximum absolute atomic E-state index is 15.0. The number of benzene rings is 1. The monoisotopic (exact) mass is 393 g/mol. The summed E-state index contributed by atoms with van der Waals surface area (Å²) in [7, 11) is 0. The van der Waals surface area contributed by atoms with E-state index in [2.05, 4.69) is 5.32 Å². The van der Waals surface area contributed by atoms with E-state index >= 15 is 0 Å². The number of hydrogen-bond donors (Lipinski definition) is 3. The Kier molecular flexibility index (Phi) is 5.46. The molecule has 1 aromatic carbocycles. The number of halogens is 1. The van der Waals surface area contributed by atoms with Crippen LogP contribution in [0.15, 0.2) is 11.0 Å². The first-order valence-electron chi connectivity index (χ1n) is 9.15. The molecule has 8 nitrogen and oxygen atoms in total. The largest absolute Gasteiger partial charge is 0.487 e. The number of ether oxygens (including phenoxy) is 2. The molecule has 0 saturated heterocycles. The zero-order valence-corrected chi connectivity index (χ0v) is 16.0. The Balaban J connectivity index is 2.11.